The molecule has 36 heavy (non-hydrogen) atoms. The Morgan fingerprint density at radius 1 is 1.03 bits per heavy atom. The molecular weight excluding hydrogens is 531 g/mol. The van der Waals surface area contributed by atoms with E-state index in [1.165, 1.54) is 49.6 Å². The molecule has 0 radical (unpaired) electrons. The number of halogens is 2. The number of fused-ring (bicyclic) bond motifs is 1. The topological polar surface area (TPSA) is 130 Å². The summed E-state index contributed by atoms with van der Waals surface area (Å²) in [4.78, 5) is 37.8. The molecule has 9 nitrogen and oxygen atoms in total. The molecule has 0 saturated carbocycles. The smallest absolute Gasteiger partial charge is 0.337 e. The van der Waals surface area contributed by atoms with Gasteiger partial charge in [0.2, 0.25) is 5.91 Å². The van der Waals surface area contributed by atoms with Gasteiger partial charge in [0.1, 0.15) is 10.6 Å². The van der Waals surface area contributed by atoms with Crippen LogP contribution in [0.25, 0.3) is 0 Å². The van der Waals surface area contributed by atoms with Crippen LogP contribution in [-0.4, -0.2) is 38.4 Å². The molecule has 4 rings (SSSR count). The number of hydrogen-bond acceptors (Lipinski definition) is 6. The molecule has 1 atom stereocenters. The van der Waals surface area contributed by atoms with E-state index in [-0.39, 0.29) is 32.6 Å². The molecule has 1 unspecified atom stereocenters. The second-order valence-corrected chi connectivity index (χ2v) is 10.4. The number of nitrogens with one attached hydrogen (secondary N) is 1. The van der Waals surface area contributed by atoms with E-state index in [4.69, 9.17) is 27.9 Å². The highest BCUT2D eigenvalue weighted by Crippen LogP contribution is 2.50. The SMILES string of the molecule is COc1cccc(C(=O)O)c1S(=O)(=O)N1C(=O)C(NC(C)=O)(c2ccccc2Cl)c2cc(Cl)ccc21. The molecule has 2 amide bonds. The van der Waals surface area contributed by atoms with E-state index < -0.39 is 43.8 Å². The van der Waals surface area contributed by atoms with Crippen LogP contribution in [0.5, 0.6) is 5.75 Å². The van der Waals surface area contributed by atoms with E-state index in [9.17, 15) is 27.9 Å². The van der Waals surface area contributed by atoms with Crippen molar-refractivity contribution in [2.45, 2.75) is 17.4 Å². The Morgan fingerprint density at radius 2 is 1.72 bits per heavy atom. The molecule has 0 aliphatic carbocycles. The lowest BCUT2D eigenvalue weighted by Crippen LogP contribution is -2.54. The van der Waals surface area contributed by atoms with Crippen molar-refractivity contribution < 1.29 is 32.6 Å². The lowest BCUT2D eigenvalue weighted by Gasteiger charge is -2.31. The third-order valence-corrected chi connectivity index (χ3v) is 8.00. The number of amides is 2. The number of nitrogens with zero attached hydrogens (tertiary/aromatic N) is 1. The van der Waals surface area contributed by atoms with Crippen LogP contribution in [0.2, 0.25) is 10.0 Å². The quantitative estimate of drug-likeness (QED) is 0.478. The third-order valence-electron chi connectivity index (χ3n) is 5.66. The number of carboxylic acids is 1. The highest BCUT2D eigenvalue weighted by molar-refractivity contribution is 7.93. The van der Waals surface area contributed by atoms with Gasteiger partial charge in [-0.1, -0.05) is 47.5 Å². The van der Waals surface area contributed by atoms with Gasteiger partial charge in [-0.15, -0.1) is 0 Å². The molecule has 0 spiro atoms. The molecule has 3 aromatic carbocycles. The van der Waals surface area contributed by atoms with Crippen molar-refractivity contribution in [2.24, 2.45) is 0 Å². The summed E-state index contributed by atoms with van der Waals surface area (Å²) in [6.07, 6.45) is 0. The van der Waals surface area contributed by atoms with Gasteiger partial charge < -0.3 is 15.2 Å². The van der Waals surface area contributed by atoms with Crippen LogP contribution in [0.4, 0.5) is 5.69 Å². The molecule has 0 saturated heterocycles. The molecule has 0 fully saturated rings. The summed E-state index contributed by atoms with van der Waals surface area (Å²) in [7, 11) is -3.75. The molecular formula is C24H18Cl2N2O7S. The minimum atomic E-state index is -4.92. The molecule has 2 N–H and O–H groups in total. The molecule has 1 aliphatic rings. The van der Waals surface area contributed by atoms with Crippen molar-refractivity contribution in [1.82, 2.24) is 5.32 Å². The summed E-state index contributed by atoms with van der Waals surface area (Å²) in [6, 6.07) is 13.8. The Kier molecular flexibility index (Phi) is 6.46. The number of hydrogen-bond donors (Lipinski definition) is 2. The largest absolute Gasteiger partial charge is 0.495 e. The first kappa shape index (κ1) is 25.5. The van der Waals surface area contributed by atoms with Crippen LogP contribution in [0.15, 0.2) is 65.6 Å². The predicted molar refractivity (Wildman–Crippen MR) is 132 cm³/mol. The lowest BCUT2D eigenvalue weighted by atomic mass is 9.83. The Morgan fingerprint density at radius 3 is 2.33 bits per heavy atom. The van der Waals surface area contributed by atoms with E-state index in [2.05, 4.69) is 5.32 Å². The third kappa shape index (κ3) is 3.78. The van der Waals surface area contributed by atoms with Gasteiger partial charge in [0.25, 0.3) is 15.9 Å². The summed E-state index contributed by atoms with van der Waals surface area (Å²) >= 11 is 12.7. The molecule has 0 aromatic heterocycles. The summed E-state index contributed by atoms with van der Waals surface area (Å²) in [6.45, 7) is 1.16. The Hall–Kier alpha value is -3.60. The van der Waals surface area contributed by atoms with Crippen LogP contribution in [0.3, 0.4) is 0 Å². The average molecular weight is 549 g/mol. The molecule has 12 heteroatoms. The normalized spacial score (nSPS) is 17.0. The number of anilines is 1. The van der Waals surface area contributed by atoms with Gasteiger partial charge in [0.05, 0.1) is 18.4 Å². The molecule has 3 aromatic rings. The fourth-order valence-electron chi connectivity index (χ4n) is 4.28. The summed E-state index contributed by atoms with van der Waals surface area (Å²) < 4.78 is 33.7. The van der Waals surface area contributed by atoms with Crippen molar-refractivity contribution in [1.29, 1.82) is 0 Å². The Bertz CT molecular complexity index is 1540. The molecule has 0 bridgehead atoms. The van der Waals surface area contributed by atoms with Crippen LogP contribution in [0, 0.1) is 0 Å². The van der Waals surface area contributed by atoms with Crippen LogP contribution >= 0.6 is 23.2 Å². The van der Waals surface area contributed by atoms with Crippen LogP contribution in [0.1, 0.15) is 28.4 Å². The maximum Gasteiger partial charge on any atom is 0.337 e. The van der Waals surface area contributed by atoms with E-state index in [1.807, 2.05) is 0 Å². The number of carbonyl (C=O) groups excluding carboxylic acids is 2. The van der Waals surface area contributed by atoms with Gasteiger partial charge in [0, 0.05) is 28.1 Å². The Balaban J connectivity index is 2.11. The number of ether oxygens (including phenoxy) is 1. The zero-order valence-corrected chi connectivity index (χ0v) is 21.1. The number of methoxy groups -OCH3 is 1. The summed E-state index contributed by atoms with van der Waals surface area (Å²) in [5.74, 6) is -3.59. The standard InChI is InChI=1S/C24H18Cl2N2O7S/c1-13(29)27-24(16-7-3-4-8-18(16)26)17-12-14(25)10-11-19(17)28(23(24)32)36(33,34)21-15(22(30)31)6-5-9-20(21)35-2/h3-12H,1-2H3,(H,27,29)(H,30,31). The van der Waals surface area contributed by atoms with Crippen LogP contribution in [-0.2, 0) is 25.2 Å². The number of rotatable bonds is 6. The van der Waals surface area contributed by atoms with E-state index in [0.29, 0.717) is 4.31 Å². The zero-order chi connectivity index (χ0) is 26.4. The minimum absolute atomic E-state index is 0.0404. The number of benzene rings is 3. The monoisotopic (exact) mass is 548 g/mol. The van der Waals surface area contributed by atoms with Gasteiger partial charge >= 0.3 is 5.97 Å². The van der Waals surface area contributed by atoms with E-state index in [0.717, 1.165) is 13.0 Å². The first-order valence-corrected chi connectivity index (χ1v) is 12.5. The highest BCUT2D eigenvalue weighted by Gasteiger charge is 2.58. The van der Waals surface area contributed by atoms with E-state index >= 15 is 0 Å². The van der Waals surface area contributed by atoms with Crippen molar-refractivity contribution >= 4 is 56.7 Å². The van der Waals surface area contributed by atoms with Gasteiger partial charge in [-0.05, 0) is 36.4 Å². The van der Waals surface area contributed by atoms with Gasteiger partial charge in [-0.2, -0.15) is 4.31 Å². The molecule has 1 heterocycles. The number of aromatic carboxylic acids is 1. The van der Waals surface area contributed by atoms with Crippen molar-refractivity contribution in [3.63, 3.8) is 0 Å². The second kappa shape index (κ2) is 9.12. The lowest BCUT2D eigenvalue weighted by molar-refractivity contribution is -0.128. The van der Waals surface area contributed by atoms with Crippen LogP contribution < -0.4 is 14.4 Å². The van der Waals surface area contributed by atoms with Gasteiger partial charge in [-0.3, -0.25) is 9.59 Å². The van der Waals surface area contributed by atoms with E-state index in [1.54, 1.807) is 12.1 Å². The number of carbonyl (C=O) groups is 3. The molecule has 186 valence electrons. The average Bonchev–Trinajstić information content (AvgIpc) is 3.06. The van der Waals surface area contributed by atoms with Gasteiger partial charge in [-0.25, -0.2) is 13.2 Å². The summed E-state index contributed by atoms with van der Waals surface area (Å²) in [5, 5.41) is 12.5. The molecule has 1 aliphatic heterocycles. The second-order valence-electron chi connectivity index (χ2n) is 7.79. The number of carboxylic acid groups (broad SMARTS) is 1. The van der Waals surface area contributed by atoms with Crippen molar-refractivity contribution in [2.75, 3.05) is 11.4 Å². The zero-order valence-electron chi connectivity index (χ0n) is 18.8. The van der Waals surface area contributed by atoms with Crippen molar-refractivity contribution in [3.8, 4) is 5.75 Å². The first-order valence-electron chi connectivity index (χ1n) is 10.3. The maximum atomic E-state index is 14.2. The fourth-order valence-corrected chi connectivity index (χ4v) is 6.53. The first-order chi connectivity index (χ1) is 17.0. The highest BCUT2D eigenvalue weighted by atomic mass is 35.5. The Labute approximate surface area is 216 Å². The number of sulfonamides is 1. The van der Waals surface area contributed by atoms with Crippen molar-refractivity contribution in [3.05, 3.63) is 87.4 Å². The maximum absolute atomic E-state index is 14.2. The fraction of sp³-hybridized carbons (Fsp3) is 0.125. The predicted octanol–water partition coefficient (Wildman–Crippen LogP) is 3.82. The van der Waals surface area contributed by atoms with Gasteiger partial charge in [0.15, 0.2) is 5.54 Å². The minimum Gasteiger partial charge on any atom is -0.495 e. The summed E-state index contributed by atoms with van der Waals surface area (Å²) in [5.41, 5.74) is -2.68.